The number of nitrogens with zero attached hydrogens (tertiary/aromatic N) is 1. The standard InChI is InChI=1S/C17H25ClN4O2S/c1-11-9-22(10-12(2)24-11)8-7-16(23)20-21-17(25)19-15-6-4-5-14(18)13(15)3/h4-6,11-12H,7-10H2,1-3H3,(H,20,23)(H2,19,21,25)/t11-,12-/m0/s1. The fourth-order valence-corrected chi connectivity index (χ4v) is 3.15. The minimum Gasteiger partial charge on any atom is -0.373 e. The number of morpholine rings is 1. The van der Waals surface area contributed by atoms with Gasteiger partial charge >= 0.3 is 0 Å². The molecule has 25 heavy (non-hydrogen) atoms. The second kappa shape index (κ2) is 9.33. The molecule has 1 fully saturated rings. The van der Waals surface area contributed by atoms with E-state index in [0.29, 0.717) is 23.1 Å². The number of benzene rings is 1. The highest BCUT2D eigenvalue weighted by molar-refractivity contribution is 7.80. The third kappa shape index (κ3) is 6.43. The number of amides is 1. The molecule has 6 nitrogen and oxygen atoms in total. The van der Waals surface area contributed by atoms with E-state index in [1.807, 2.05) is 39.0 Å². The van der Waals surface area contributed by atoms with Gasteiger partial charge < -0.3 is 10.1 Å². The zero-order chi connectivity index (χ0) is 18.4. The maximum Gasteiger partial charge on any atom is 0.239 e. The Morgan fingerprint density at radius 3 is 2.68 bits per heavy atom. The van der Waals surface area contributed by atoms with E-state index in [1.54, 1.807) is 0 Å². The lowest BCUT2D eigenvalue weighted by atomic mass is 10.2. The Hall–Kier alpha value is -1.41. The lowest BCUT2D eigenvalue weighted by Crippen LogP contribution is -2.48. The van der Waals surface area contributed by atoms with Gasteiger partial charge in [-0.15, -0.1) is 0 Å². The first-order chi connectivity index (χ1) is 11.8. The largest absolute Gasteiger partial charge is 0.373 e. The molecule has 3 N–H and O–H groups in total. The molecule has 1 amide bonds. The molecule has 1 aliphatic rings. The summed E-state index contributed by atoms with van der Waals surface area (Å²) in [5.41, 5.74) is 7.03. The molecule has 0 spiro atoms. The zero-order valence-corrected chi connectivity index (χ0v) is 16.3. The Labute approximate surface area is 159 Å². The number of hydrogen-bond donors (Lipinski definition) is 3. The van der Waals surface area contributed by atoms with Gasteiger partial charge in [0.1, 0.15) is 0 Å². The van der Waals surface area contributed by atoms with E-state index < -0.39 is 0 Å². The summed E-state index contributed by atoms with van der Waals surface area (Å²) in [7, 11) is 0. The van der Waals surface area contributed by atoms with E-state index in [-0.39, 0.29) is 18.1 Å². The quantitative estimate of drug-likeness (QED) is 0.547. The molecule has 1 heterocycles. The first-order valence-corrected chi connectivity index (χ1v) is 9.12. The second-order valence-electron chi connectivity index (χ2n) is 6.31. The normalized spacial score (nSPS) is 20.8. The van der Waals surface area contributed by atoms with Crippen LogP contribution >= 0.6 is 23.8 Å². The van der Waals surface area contributed by atoms with Gasteiger partial charge in [0.15, 0.2) is 5.11 Å². The number of halogens is 1. The number of carbonyl (C=O) groups is 1. The molecule has 0 unspecified atom stereocenters. The maximum absolute atomic E-state index is 12.0. The Bertz CT molecular complexity index is 619. The van der Waals surface area contributed by atoms with Crippen molar-refractivity contribution in [2.45, 2.75) is 39.4 Å². The van der Waals surface area contributed by atoms with E-state index in [0.717, 1.165) is 24.3 Å². The summed E-state index contributed by atoms with van der Waals surface area (Å²) in [6, 6.07) is 5.52. The summed E-state index contributed by atoms with van der Waals surface area (Å²) in [5.74, 6) is -0.112. The highest BCUT2D eigenvalue weighted by Gasteiger charge is 2.22. The van der Waals surface area contributed by atoms with Gasteiger partial charge in [-0.25, -0.2) is 0 Å². The van der Waals surface area contributed by atoms with Crippen molar-refractivity contribution >= 4 is 40.5 Å². The molecule has 2 atom stereocenters. The van der Waals surface area contributed by atoms with Crippen LogP contribution in [0.25, 0.3) is 0 Å². The van der Waals surface area contributed by atoms with Gasteiger partial charge in [0.2, 0.25) is 5.91 Å². The Balaban J connectivity index is 1.70. The van der Waals surface area contributed by atoms with Gasteiger partial charge in [0.05, 0.1) is 12.2 Å². The predicted octanol–water partition coefficient (Wildman–Crippen LogP) is 2.47. The van der Waals surface area contributed by atoms with Gasteiger partial charge in [-0.2, -0.15) is 0 Å². The van der Waals surface area contributed by atoms with Gasteiger partial charge in [0, 0.05) is 36.8 Å². The van der Waals surface area contributed by atoms with Gasteiger partial charge in [0.25, 0.3) is 0 Å². The van der Waals surface area contributed by atoms with Crippen molar-refractivity contribution < 1.29 is 9.53 Å². The Kier molecular flexibility index (Phi) is 7.43. The Morgan fingerprint density at radius 1 is 1.32 bits per heavy atom. The van der Waals surface area contributed by atoms with Crippen LogP contribution < -0.4 is 16.2 Å². The Morgan fingerprint density at radius 2 is 2.00 bits per heavy atom. The van der Waals surface area contributed by atoms with Crippen LogP contribution in [0.15, 0.2) is 18.2 Å². The van der Waals surface area contributed by atoms with Crippen molar-refractivity contribution in [3.8, 4) is 0 Å². The van der Waals surface area contributed by atoms with Crippen LogP contribution in [0.5, 0.6) is 0 Å². The molecule has 138 valence electrons. The highest BCUT2D eigenvalue weighted by atomic mass is 35.5. The molecule has 0 aliphatic carbocycles. The van der Waals surface area contributed by atoms with E-state index in [1.165, 1.54) is 0 Å². The molecule has 2 rings (SSSR count). The van der Waals surface area contributed by atoms with E-state index >= 15 is 0 Å². The topological polar surface area (TPSA) is 65.6 Å². The fraction of sp³-hybridized carbons (Fsp3) is 0.529. The lowest BCUT2D eigenvalue weighted by molar-refractivity contribution is -0.123. The third-order valence-electron chi connectivity index (χ3n) is 3.98. The van der Waals surface area contributed by atoms with Crippen molar-refractivity contribution in [2.75, 3.05) is 25.0 Å². The highest BCUT2D eigenvalue weighted by Crippen LogP contribution is 2.22. The summed E-state index contributed by atoms with van der Waals surface area (Å²) in [6.07, 6.45) is 0.788. The molecule has 1 aromatic carbocycles. The molecule has 8 heteroatoms. The first-order valence-electron chi connectivity index (χ1n) is 8.34. The molecule has 1 aliphatic heterocycles. The summed E-state index contributed by atoms with van der Waals surface area (Å²) in [6.45, 7) is 8.38. The monoisotopic (exact) mass is 384 g/mol. The van der Waals surface area contributed by atoms with E-state index in [2.05, 4.69) is 21.1 Å². The number of rotatable bonds is 4. The van der Waals surface area contributed by atoms with E-state index in [4.69, 9.17) is 28.6 Å². The summed E-state index contributed by atoms with van der Waals surface area (Å²) in [4.78, 5) is 14.2. The van der Waals surface area contributed by atoms with Gasteiger partial charge in [-0.05, 0) is 50.7 Å². The number of thiocarbonyl (C=S) groups is 1. The minimum absolute atomic E-state index is 0.112. The SMILES string of the molecule is Cc1c(Cl)cccc1NC(=S)NNC(=O)CCN1C[C@H](C)O[C@@H](C)C1. The molecular formula is C17H25ClN4O2S. The molecule has 0 saturated carbocycles. The number of anilines is 1. The van der Waals surface area contributed by atoms with Crippen molar-refractivity contribution in [1.29, 1.82) is 0 Å². The molecular weight excluding hydrogens is 360 g/mol. The van der Waals surface area contributed by atoms with Crippen LogP contribution in [0.2, 0.25) is 5.02 Å². The average molecular weight is 385 g/mol. The summed E-state index contributed by atoms with van der Waals surface area (Å²) in [5, 5.41) is 3.99. The molecule has 0 aromatic heterocycles. The van der Waals surface area contributed by atoms with Gasteiger partial charge in [-0.1, -0.05) is 17.7 Å². The summed E-state index contributed by atoms with van der Waals surface area (Å²) < 4.78 is 5.69. The van der Waals surface area contributed by atoms with E-state index in [9.17, 15) is 4.79 Å². The van der Waals surface area contributed by atoms with Crippen LogP contribution in [-0.4, -0.2) is 47.8 Å². The number of hydrazine groups is 1. The number of ether oxygens (including phenoxy) is 1. The summed E-state index contributed by atoms with van der Waals surface area (Å²) >= 11 is 11.3. The zero-order valence-electron chi connectivity index (χ0n) is 14.8. The van der Waals surface area contributed by atoms with Crippen molar-refractivity contribution in [1.82, 2.24) is 15.8 Å². The number of carbonyl (C=O) groups excluding carboxylic acids is 1. The van der Waals surface area contributed by atoms with Crippen molar-refractivity contribution in [3.63, 3.8) is 0 Å². The van der Waals surface area contributed by atoms with Crippen molar-refractivity contribution in [3.05, 3.63) is 28.8 Å². The lowest BCUT2D eigenvalue weighted by Gasteiger charge is -2.35. The van der Waals surface area contributed by atoms with Crippen LogP contribution in [0, 0.1) is 6.92 Å². The number of nitrogens with one attached hydrogen (secondary N) is 3. The number of hydrogen-bond acceptors (Lipinski definition) is 4. The predicted molar refractivity (Wildman–Crippen MR) is 105 cm³/mol. The second-order valence-corrected chi connectivity index (χ2v) is 7.12. The average Bonchev–Trinajstić information content (AvgIpc) is 2.54. The third-order valence-corrected chi connectivity index (χ3v) is 4.60. The van der Waals surface area contributed by atoms with Crippen LogP contribution in [0.4, 0.5) is 5.69 Å². The van der Waals surface area contributed by atoms with Gasteiger partial charge in [-0.3, -0.25) is 20.5 Å². The smallest absolute Gasteiger partial charge is 0.239 e. The maximum atomic E-state index is 12.0. The molecule has 0 radical (unpaired) electrons. The fourth-order valence-electron chi connectivity index (χ4n) is 2.81. The molecule has 1 aromatic rings. The molecule has 1 saturated heterocycles. The van der Waals surface area contributed by atoms with Crippen LogP contribution in [0.3, 0.4) is 0 Å². The first kappa shape index (κ1) is 19.9. The minimum atomic E-state index is -0.112. The van der Waals surface area contributed by atoms with Crippen LogP contribution in [-0.2, 0) is 9.53 Å². The van der Waals surface area contributed by atoms with Crippen molar-refractivity contribution in [2.24, 2.45) is 0 Å². The molecule has 0 bridgehead atoms. The van der Waals surface area contributed by atoms with Crippen LogP contribution in [0.1, 0.15) is 25.8 Å².